The summed E-state index contributed by atoms with van der Waals surface area (Å²) < 4.78 is 10.9. The highest BCUT2D eigenvalue weighted by Crippen LogP contribution is 2.49. The number of ketones is 1. The van der Waals surface area contributed by atoms with Crippen LogP contribution in [0.3, 0.4) is 0 Å². The summed E-state index contributed by atoms with van der Waals surface area (Å²) in [5.74, 6) is -3.22. The van der Waals surface area contributed by atoms with Crippen LogP contribution in [0.25, 0.3) is 0 Å². The van der Waals surface area contributed by atoms with Gasteiger partial charge in [0.2, 0.25) is 0 Å². The molecule has 0 fully saturated rings. The minimum Gasteiger partial charge on any atom is -0.465 e. The van der Waals surface area contributed by atoms with Crippen molar-refractivity contribution in [3.05, 3.63) is 74.8 Å². The van der Waals surface area contributed by atoms with Gasteiger partial charge in [0, 0.05) is 53.5 Å². The first kappa shape index (κ1) is 27.6. The molecule has 7 nitrogen and oxygen atoms in total. The van der Waals surface area contributed by atoms with Crippen LogP contribution in [-0.2, 0) is 23.9 Å². The first-order chi connectivity index (χ1) is 18.3. The van der Waals surface area contributed by atoms with Gasteiger partial charge in [0.1, 0.15) is 5.92 Å². The van der Waals surface area contributed by atoms with Gasteiger partial charge in [-0.2, -0.15) is 0 Å². The normalized spacial score (nSPS) is 21.1. The summed E-state index contributed by atoms with van der Waals surface area (Å²) in [6, 6.07) is 11.8. The van der Waals surface area contributed by atoms with Crippen LogP contribution in [0.2, 0.25) is 0 Å². The summed E-state index contributed by atoms with van der Waals surface area (Å²) in [7, 11) is 3.92. The smallest absolute Gasteiger partial charge is 0.336 e. The van der Waals surface area contributed by atoms with Gasteiger partial charge in [-0.05, 0) is 55.8 Å². The molecule has 2 aliphatic rings. The lowest BCUT2D eigenvalue weighted by atomic mass is 9.68. The van der Waals surface area contributed by atoms with E-state index in [1.165, 1.54) is 11.3 Å². The number of hydrogen-bond donors (Lipinski definition) is 1. The number of hydrogen-bond acceptors (Lipinski definition) is 8. The Hall–Kier alpha value is -3.39. The third kappa shape index (κ3) is 5.27. The zero-order valence-electron chi connectivity index (χ0n) is 22.7. The Morgan fingerprint density at radius 2 is 1.76 bits per heavy atom. The molecule has 1 N–H and O–H groups in total. The summed E-state index contributed by atoms with van der Waals surface area (Å²) in [5.41, 5.74) is 4.26. The number of thiophene rings is 1. The quantitative estimate of drug-likeness (QED) is 0.343. The largest absolute Gasteiger partial charge is 0.465 e. The van der Waals surface area contributed by atoms with E-state index >= 15 is 0 Å². The molecule has 0 saturated carbocycles. The van der Waals surface area contributed by atoms with E-state index in [2.05, 4.69) is 12.2 Å². The third-order valence-electron chi connectivity index (χ3n) is 7.09. The molecule has 1 aromatic carbocycles. The first-order valence-electron chi connectivity index (χ1n) is 13.2. The van der Waals surface area contributed by atoms with E-state index in [4.69, 9.17) is 9.47 Å². The molecule has 1 aliphatic carbocycles. The summed E-state index contributed by atoms with van der Waals surface area (Å²) in [5, 5.41) is 5.43. The highest BCUT2D eigenvalue weighted by molar-refractivity contribution is 7.10. The average Bonchev–Trinajstić information content (AvgIpc) is 3.43. The number of nitrogens with zero attached hydrogens (tertiary/aromatic N) is 1. The number of allylic oxidation sites excluding steroid dienone is 3. The monoisotopic (exact) mass is 536 g/mol. The maximum Gasteiger partial charge on any atom is 0.336 e. The van der Waals surface area contributed by atoms with Crippen LogP contribution < -0.4 is 10.2 Å². The summed E-state index contributed by atoms with van der Waals surface area (Å²) in [6.45, 7) is 5.98. The maximum absolute atomic E-state index is 14.4. The van der Waals surface area contributed by atoms with E-state index in [1.54, 1.807) is 13.8 Å². The van der Waals surface area contributed by atoms with Gasteiger partial charge in [-0.15, -0.1) is 11.3 Å². The number of rotatable bonds is 9. The molecule has 0 amide bonds. The molecule has 0 unspecified atom stereocenters. The van der Waals surface area contributed by atoms with E-state index in [1.807, 2.05) is 60.8 Å². The fraction of sp³-hybridized carbons (Fsp3) is 0.433. The predicted octanol–water partition coefficient (Wildman–Crippen LogP) is 5.31. The van der Waals surface area contributed by atoms with Crippen LogP contribution in [0.15, 0.2) is 64.3 Å². The molecular weight excluding hydrogens is 500 g/mol. The number of ether oxygens (including phenoxy) is 2. The number of carbonyl (C=O) groups is 3. The molecule has 1 aliphatic heterocycles. The molecule has 8 heteroatoms. The number of Topliss-reactive ketones (excluding diaryl/α,β-unsaturated/α-hetero) is 1. The molecular formula is C30H36N2O5S. The van der Waals surface area contributed by atoms with Gasteiger partial charge in [0.25, 0.3) is 0 Å². The van der Waals surface area contributed by atoms with Crippen molar-refractivity contribution in [2.24, 2.45) is 5.92 Å². The van der Waals surface area contributed by atoms with Crippen molar-refractivity contribution in [1.82, 2.24) is 5.32 Å². The molecule has 4 rings (SSSR count). The third-order valence-corrected chi connectivity index (χ3v) is 8.10. The molecule has 38 heavy (non-hydrogen) atoms. The number of dihydropyridines is 1. The van der Waals surface area contributed by atoms with Crippen molar-refractivity contribution in [2.45, 2.75) is 51.9 Å². The van der Waals surface area contributed by atoms with Crippen molar-refractivity contribution in [2.75, 3.05) is 32.2 Å². The van der Waals surface area contributed by atoms with Crippen LogP contribution in [0.1, 0.15) is 62.3 Å². The fourth-order valence-corrected chi connectivity index (χ4v) is 6.28. The molecule has 2 aromatic rings. The number of anilines is 1. The maximum atomic E-state index is 14.4. The topological polar surface area (TPSA) is 84.9 Å². The van der Waals surface area contributed by atoms with Crippen molar-refractivity contribution < 1.29 is 23.9 Å². The Labute approximate surface area is 228 Å². The zero-order chi connectivity index (χ0) is 27.4. The lowest BCUT2D eigenvalue weighted by Crippen LogP contribution is -2.43. The number of nitrogens with one attached hydrogen (secondary N) is 1. The highest BCUT2D eigenvalue weighted by atomic mass is 32.1. The Kier molecular flexibility index (Phi) is 8.72. The average molecular weight is 537 g/mol. The molecule has 3 atom stereocenters. The molecule has 0 saturated heterocycles. The minimum atomic E-state index is -0.978. The van der Waals surface area contributed by atoms with Crippen molar-refractivity contribution in [3.63, 3.8) is 0 Å². The summed E-state index contributed by atoms with van der Waals surface area (Å²) in [6.07, 6.45) is 1.92. The fourth-order valence-electron chi connectivity index (χ4n) is 5.42. The van der Waals surface area contributed by atoms with Gasteiger partial charge in [-0.3, -0.25) is 9.59 Å². The Balaban J connectivity index is 1.92. The van der Waals surface area contributed by atoms with Crippen LogP contribution in [0.5, 0.6) is 0 Å². The molecule has 0 bridgehead atoms. The van der Waals surface area contributed by atoms with Gasteiger partial charge < -0.3 is 19.7 Å². The van der Waals surface area contributed by atoms with Crippen LogP contribution in [-0.4, -0.2) is 45.0 Å². The van der Waals surface area contributed by atoms with Crippen molar-refractivity contribution in [3.8, 4) is 0 Å². The van der Waals surface area contributed by atoms with Crippen molar-refractivity contribution >= 4 is 34.7 Å². The predicted molar refractivity (Wildman–Crippen MR) is 149 cm³/mol. The minimum absolute atomic E-state index is 0.188. The standard InChI is InChI=1S/C30H36N2O5S/c1-6-10-21-27(30(35)37-8-3)24(18-12-14-19(15-13-18)32(4)5)26-22(31-21)17-20(23-11-9-16-38-23)25(28(26)33)29(34)36-7-2/h9,11-16,20,24-25,31H,6-8,10,17H2,1-5H3/t20-,24+,25+/m0/s1. The van der Waals surface area contributed by atoms with Crippen LogP contribution >= 0.6 is 11.3 Å². The van der Waals surface area contributed by atoms with E-state index in [0.29, 0.717) is 24.0 Å². The van der Waals surface area contributed by atoms with Crippen LogP contribution in [0, 0.1) is 5.92 Å². The highest BCUT2D eigenvalue weighted by Gasteiger charge is 2.49. The van der Waals surface area contributed by atoms with E-state index < -0.39 is 23.8 Å². The number of benzene rings is 1. The van der Waals surface area contributed by atoms with Gasteiger partial charge in [-0.25, -0.2) is 4.79 Å². The van der Waals surface area contributed by atoms with Crippen molar-refractivity contribution in [1.29, 1.82) is 0 Å². The Morgan fingerprint density at radius 1 is 1.05 bits per heavy atom. The zero-order valence-corrected chi connectivity index (χ0v) is 23.5. The second kappa shape index (κ2) is 12.0. The van der Waals surface area contributed by atoms with Gasteiger partial charge in [-0.1, -0.05) is 31.5 Å². The Morgan fingerprint density at radius 3 is 2.34 bits per heavy atom. The van der Waals surface area contributed by atoms with Gasteiger partial charge >= 0.3 is 11.9 Å². The molecule has 0 spiro atoms. The lowest BCUT2D eigenvalue weighted by Gasteiger charge is -2.39. The second-order valence-electron chi connectivity index (χ2n) is 9.72. The lowest BCUT2D eigenvalue weighted by molar-refractivity contribution is -0.152. The van der Waals surface area contributed by atoms with Crippen LogP contribution in [0.4, 0.5) is 5.69 Å². The number of esters is 2. The number of carbonyl (C=O) groups excluding carboxylic acids is 3. The first-order valence-corrected chi connectivity index (χ1v) is 14.1. The van der Waals surface area contributed by atoms with E-state index in [0.717, 1.165) is 33.9 Å². The summed E-state index contributed by atoms with van der Waals surface area (Å²) >= 11 is 1.53. The van der Waals surface area contributed by atoms with Gasteiger partial charge in [0.05, 0.1) is 18.8 Å². The summed E-state index contributed by atoms with van der Waals surface area (Å²) in [4.78, 5) is 44.0. The van der Waals surface area contributed by atoms with E-state index in [-0.39, 0.29) is 24.9 Å². The molecule has 202 valence electrons. The van der Waals surface area contributed by atoms with E-state index in [9.17, 15) is 14.4 Å². The molecule has 2 heterocycles. The van der Waals surface area contributed by atoms with Gasteiger partial charge in [0.15, 0.2) is 5.78 Å². The Bertz CT molecular complexity index is 1240. The molecule has 0 radical (unpaired) electrons. The molecule has 1 aromatic heterocycles. The SMILES string of the molecule is CCCC1=C(C(=O)OCC)[C@H](c2ccc(N(C)C)cc2)C2=C(C[C@@H](c3cccs3)[C@@H](C(=O)OCC)C2=O)N1. The second-order valence-corrected chi connectivity index (χ2v) is 10.7.